The van der Waals surface area contributed by atoms with Gasteiger partial charge < -0.3 is 9.42 Å². The molecule has 5 heteroatoms. The largest absolute Gasteiger partial charge is 0.345 e. The fourth-order valence-corrected chi connectivity index (χ4v) is 2.95. The second-order valence-corrected chi connectivity index (χ2v) is 6.29. The molecule has 0 unspecified atom stereocenters. The maximum Gasteiger partial charge on any atom is 0.226 e. The molecule has 1 amide bonds. The van der Waals surface area contributed by atoms with Gasteiger partial charge in [-0.15, -0.1) is 0 Å². The summed E-state index contributed by atoms with van der Waals surface area (Å²) in [6.45, 7) is 2.51. The van der Waals surface area contributed by atoms with Gasteiger partial charge in [0.15, 0.2) is 5.82 Å². The summed E-state index contributed by atoms with van der Waals surface area (Å²) in [5.41, 5.74) is 1.28. The zero-order valence-corrected chi connectivity index (χ0v) is 14.7. The molecule has 0 fully saturated rings. The van der Waals surface area contributed by atoms with Gasteiger partial charge in [0, 0.05) is 26.4 Å². The molecule has 3 aromatic rings. The molecule has 25 heavy (non-hydrogen) atoms. The van der Waals surface area contributed by atoms with Gasteiger partial charge in [-0.2, -0.15) is 4.98 Å². The lowest BCUT2D eigenvalue weighted by atomic mass is 10.0. The van der Waals surface area contributed by atoms with Crippen molar-refractivity contribution in [2.75, 3.05) is 13.6 Å². The van der Waals surface area contributed by atoms with E-state index in [2.05, 4.69) is 46.5 Å². The number of hydrogen-bond donors (Lipinski definition) is 0. The lowest BCUT2D eigenvalue weighted by Gasteiger charge is -2.17. The van der Waals surface area contributed by atoms with Gasteiger partial charge in [-0.05, 0) is 36.1 Å². The van der Waals surface area contributed by atoms with Crippen molar-refractivity contribution < 1.29 is 9.32 Å². The highest BCUT2D eigenvalue weighted by Gasteiger charge is 2.11. The third-order valence-electron chi connectivity index (χ3n) is 4.37. The topological polar surface area (TPSA) is 59.2 Å². The van der Waals surface area contributed by atoms with Crippen LogP contribution in [0.15, 0.2) is 47.0 Å². The molecule has 0 atom stereocenters. The molecule has 0 aliphatic heterocycles. The number of rotatable bonds is 7. The lowest BCUT2D eigenvalue weighted by molar-refractivity contribution is -0.129. The van der Waals surface area contributed by atoms with E-state index in [4.69, 9.17) is 4.52 Å². The molecular formula is C20H23N3O2. The fourth-order valence-electron chi connectivity index (χ4n) is 2.95. The van der Waals surface area contributed by atoms with Crippen LogP contribution in [0, 0.1) is 6.92 Å². The van der Waals surface area contributed by atoms with Crippen LogP contribution in [0.5, 0.6) is 0 Å². The van der Waals surface area contributed by atoms with Crippen molar-refractivity contribution in [2.24, 2.45) is 0 Å². The molecule has 0 bridgehead atoms. The average Bonchev–Trinajstić information content (AvgIpc) is 3.04. The molecule has 2 aromatic carbocycles. The summed E-state index contributed by atoms with van der Waals surface area (Å²) in [7, 11) is 1.87. The second kappa shape index (κ2) is 7.92. The smallest absolute Gasteiger partial charge is 0.226 e. The molecule has 1 aromatic heterocycles. The molecule has 130 valence electrons. The highest BCUT2D eigenvalue weighted by molar-refractivity contribution is 5.85. The third kappa shape index (κ3) is 4.44. The van der Waals surface area contributed by atoms with Gasteiger partial charge in [-0.25, -0.2) is 0 Å². The molecule has 1 heterocycles. The summed E-state index contributed by atoms with van der Waals surface area (Å²) in [5, 5.41) is 6.26. The van der Waals surface area contributed by atoms with Gasteiger partial charge in [0.2, 0.25) is 11.8 Å². The van der Waals surface area contributed by atoms with E-state index in [1.165, 1.54) is 16.3 Å². The first-order valence-corrected chi connectivity index (χ1v) is 8.63. The predicted octanol–water partition coefficient (Wildman–Crippen LogP) is 3.56. The number of amides is 1. The summed E-state index contributed by atoms with van der Waals surface area (Å²) in [6.07, 6.45) is 2.71. The first kappa shape index (κ1) is 17.1. The molecule has 3 rings (SSSR count). The van der Waals surface area contributed by atoms with E-state index in [-0.39, 0.29) is 5.91 Å². The Balaban J connectivity index is 1.49. The zero-order chi connectivity index (χ0) is 17.6. The normalized spacial score (nSPS) is 11.0. The van der Waals surface area contributed by atoms with Crippen molar-refractivity contribution in [2.45, 2.75) is 32.6 Å². The van der Waals surface area contributed by atoms with E-state index >= 15 is 0 Å². The van der Waals surface area contributed by atoms with Crippen LogP contribution in [0.25, 0.3) is 10.8 Å². The summed E-state index contributed by atoms with van der Waals surface area (Å²) in [4.78, 5) is 18.2. The van der Waals surface area contributed by atoms with Gasteiger partial charge in [-0.3, -0.25) is 4.79 Å². The molecule has 0 aliphatic carbocycles. The van der Waals surface area contributed by atoms with E-state index in [1.807, 2.05) is 13.1 Å². The maximum absolute atomic E-state index is 12.3. The van der Waals surface area contributed by atoms with Crippen LogP contribution >= 0.6 is 0 Å². The second-order valence-electron chi connectivity index (χ2n) is 6.29. The average molecular weight is 337 g/mol. The number of hydrogen-bond acceptors (Lipinski definition) is 4. The van der Waals surface area contributed by atoms with E-state index in [0.717, 1.165) is 12.8 Å². The minimum atomic E-state index is 0.150. The highest BCUT2D eigenvalue weighted by Crippen LogP contribution is 2.19. The van der Waals surface area contributed by atoms with Gasteiger partial charge in [-0.1, -0.05) is 47.6 Å². The van der Waals surface area contributed by atoms with Gasteiger partial charge in [0.25, 0.3) is 0 Å². The molecule has 5 nitrogen and oxygen atoms in total. The van der Waals surface area contributed by atoms with Crippen molar-refractivity contribution in [1.29, 1.82) is 0 Å². The SMILES string of the molecule is Cc1noc(CCCC(=O)N(C)CCc2cccc3ccccc23)n1. The Labute approximate surface area is 147 Å². The quantitative estimate of drug-likeness (QED) is 0.661. The van der Waals surface area contributed by atoms with Crippen molar-refractivity contribution in [3.05, 3.63) is 59.7 Å². The Hall–Kier alpha value is -2.69. The molecule has 0 aliphatic rings. The standard InChI is InChI=1S/C20H23N3O2/c1-15-21-19(25-22-15)11-6-12-20(24)23(2)14-13-17-9-5-8-16-7-3-4-10-18(16)17/h3-5,7-10H,6,11-14H2,1-2H3. The molecule has 0 N–H and O–H groups in total. The summed E-state index contributed by atoms with van der Waals surface area (Å²) < 4.78 is 5.07. The van der Waals surface area contributed by atoms with Crippen LogP contribution in [0.1, 0.15) is 30.1 Å². The number of likely N-dealkylation sites (N-methyl/N-ethyl adjacent to an activating group) is 1. The van der Waals surface area contributed by atoms with Crippen LogP contribution in [0.3, 0.4) is 0 Å². The Morgan fingerprint density at radius 1 is 1.12 bits per heavy atom. The summed E-state index contributed by atoms with van der Waals surface area (Å²) in [6, 6.07) is 14.7. The van der Waals surface area contributed by atoms with Gasteiger partial charge >= 0.3 is 0 Å². The molecular weight excluding hydrogens is 314 g/mol. The van der Waals surface area contributed by atoms with Crippen LogP contribution in [-0.4, -0.2) is 34.5 Å². The fraction of sp³-hybridized carbons (Fsp3) is 0.350. The minimum Gasteiger partial charge on any atom is -0.345 e. The van der Waals surface area contributed by atoms with Crippen LogP contribution < -0.4 is 0 Å². The number of carbonyl (C=O) groups excluding carboxylic acids is 1. The Bertz CT molecular complexity index is 852. The zero-order valence-electron chi connectivity index (χ0n) is 14.7. The van der Waals surface area contributed by atoms with Gasteiger partial charge in [0.05, 0.1) is 0 Å². The van der Waals surface area contributed by atoms with Crippen LogP contribution in [-0.2, 0) is 17.6 Å². The van der Waals surface area contributed by atoms with E-state index in [1.54, 1.807) is 11.8 Å². The number of aryl methyl sites for hydroxylation is 2. The van der Waals surface area contributed by atoms with E-state index in [0.29, 0.717) is 31.1 Å². The lowest BCUT2D eigenvalue weighted by Crippen LogP contribution is -2.28. The van der Waals surface area contributed by atoms with Crippen LogP contribution in [0.2, 0.25) is 0 Å². The molecule has 0 spiro atoms. The predicted molar refractivity (Wildman–Crippen MR) is 97.3 cm³/mol. The highest BCUT2D eigenvalue weighted by atomic mass is 16.5. The van der Waals surface area contributed by atoms with E-state index < -0.39 is 0 Å². The monoisotopic (exact) mass is 337 g/mol. The molecule has 0 saturated heterocycles. The Morgan fingerprint density at radius 3 is 2.72 bits per heavy atom. The summed E-state index contributed by atoms with van der Waals surface area (Å²) >= 11 is 0. The van der Waals surface area contributed by atoms with Crippen molar-refractivity contribution >= 4 is 16.7 Å². The molecule has 0 radical (unpaired) electrons. The van der Waals surface area contributed by atoms with Crippen LogP contribution in [0.4, 0.5) is 0 Å². The van der Waals surface area contributed by atoms with Gasteiger partial charge in [0.1, 0.15) is 0 Å². The number of aromatic nitrogens is 2. The number of fused-ring (bicyclic) bond motifs is 1. The number of benzene rings is 2. The third-order valence-corrected chi connectivity index (χ3v) is 4.37. The van der Waals surface area contributed by atoms with Crippen molar-refractivity contribution in [3.8, 4) is 0 Å². The number of carbonyl (C=O) groups is 1. The van der Waals surface area contributed by atoms with Crippen molar-refractivity contribution in [1.82, 2.24) is 15.0 Å². The molecule has 0 saturated carbocycles. The Morgan fingerprint density at radius 2 is 1.92 bits per heavy atom. The first-order valence-electron chi connectivity index (χ1n) is 8.63. The Kier molecular flexibility index (Phi) is 5.43. The minimum absolute atomic E-state index is 0.150. The number of nitrogens with zero attached hydrogens (tertiary/aromatic N) is 3. The first-order chi connectivity index (χ1) is 12.1. The van der Waals surface area contributed by atoms with Crippen molar-refractivity contribution in [3.63, 3.8) is 0 Å². The maximum atomic E-state index is 12.3. The van der Waals surface area contributed by atoms with E-state index in [9.17, 15) is 4.79 Å². The summed E-state index contributed by atoms with van der Waals surface area (Å²) in [5.74, 6) is 1.38.